The Hall–Kier alpha value is -3.49. The summed E-state index contributed by atoms with van der Waals surface area (Å²) in [6, 6.07) is 7.02. The van der Waals surface area contributed by atoms with Gasteiger partial charge in [0.2, 0.25) is 0 Å². The third kappa shape index (κ3) is 5.76. The normalized spacial score (nSPS) is 10.2. The molecule has 0 saturated heterocycles. The van der Waals surface area contributed by atoms with E-state index in [2.05, 4.69) is 15.7 Å². The Morgan fingerprint density at radius 3 is 2.54 bits per heavy atom. The van der Waals surface area contributed by atoms with Crippen molar-refractivity contribution in [3.8, 4) is 0 Å². The SMILES string of the molecule is CCCn1nc(C(=O)OCC(=O)NC(=O)Nc2ccc(C)c(C)c2)ccc1=O. The average molecular weight is 386 g/mol. The number of aryl methyl sites for hydroxylation is 3. The lowest BCUT2D eigenvalue weighted by Gasteiger charge is -2.09. The second-order valence-corrected chi connectivity index (χ2v) is 6.16. The first-order valence-electron chi connectivity index (χ1n) is 8.73. The number of urea groups is 1. The van der Waals surface area contributed by atoms with Crippen LogP contribution in [-0.2, 0) is 16.1 Å². The zero-order chi connectivity index (χ0) is 20.7. The molecule has 2 rings (SSSR count). The summed E-state index contributed by atoms with van der Waals surface area (Å²) in [7, 11) is 0. The van der Waals surface area contributed by atoms with Gasteiger partial charge in [-0.1, -0.05) is 13.0 Å². The van der Waals surface area contributed by atoms with E-state index in [-0.39, 0.29) is 11.3 Å². The second kappa shape index (κ2) is 9.45. The molecule has 0 aliphatic rings. The number of carbonyl (C=O) groups excluding carboxylic acids is 3. The number of hydrogen-bond acceptors (Lipinski definition) is 6. The molecule has 2 aromatic rings. The van der Waals surface area contributed by atoms with Crippen molar-refractivity contribution < 1.29 is 19.1 Å². The predicted octanol–water partition coefficient (Wildman–Crippen LogP) is 1.78. The predicted molar refractivity (Wildman–Crippen MR) is 102 cm³/mol. The number of amides is 3. The molecule has 0 fully saturated rings. The lowest BCUT2D eigenvalue weighted by molar-refractivity contribution is -0.123. The van der Waals surface area contributed by atoms with Crippen LogP contribution in [0.5, 0.6) is 0 Å². The van der Waals surface area contributed by atoms with Crippen molar-refractivity contribution in [2.24, 2.45) is 0 Å². The Kier molecular flexibility index (Phi) is 7.02. The molecule has 2 N–H and O–H groups in total. The minimum Gasteiger partial charge on any atom is -0.451 e. The van der Waals surface area contributed by atoms with E-state index in [1.165, 1.54) is 12.1 Å². The summed E-state index contributed by atoms with van der Waals surface area (Å²) in [6.07, 6.45) is 0.670. The summed E-state index contributed by atoms with van der Waals surface area (Å²) in [4.78, 5) is 47.2. The van der Waals surface area contributed by atoms with Crippen LogP contribution in [0, 0.1) is 13.8 Å². The van der Waals surface area contributed by atoms with Gasteiger partial charge in [-0.2, -0.15) is 5.10 Å². The number of anilines is 1. The average Bonchev–Trinajstić information content (AvgIpc) is 2.64. The smallest absolute Gasteiger partial charge is 0.359 e. The van der Waals surface area contributed by atoms with Crippen LogP contribution in [0.4, 0.5) is 10.5 Å². The number of carbonyl (C=O) groups is 3. The third-order valence-corrected chi connectivity index (χ3v) is 3.86. The molecule has 1 aromatic heterocycles. The fraction of sp³-hybridized carbons (Fsp3) is 0.316. The third-order valence-electron chi connectivity index (χ3n) is 3.86. The van der Waals surface area contributed by atoms with E-state index in [4.69, 9.17) is 4.74 Å². The van der Waals surface area contributed by atoms with Gasteiger partial charge in [-0.15, -0.1) is 0 Å². The van der Waals surface area contributed by atoms with Gasteiger partial charge in [0.05, 0.1) is 0 Å². The number of nitrogens with one attached hydrogen (secondary N) is 2. The number of hydrogen-bond donors (Lipinski definition) is 2. The minimum atomic E-state index is -0.866. The van der Waals surface area contributed by atoms with Crippen LogP contribution in [0.15, 0.2) is 35.1 Å². The van der Waals surface area contributed by atoms with Gasteiger partial charge in [-0.25, -0.2) is 14.3 Å². The zero-order valence-electron chi connectivity index (χ0n) is 15.9. The quantitative estimate of drug-likeness (QED) is 0.730. The van der Waals surface area contributed by atoms with Gasteiger partial charge in [0.1, 0.15) is 0 Å². The monoisotopic (exact) mass is 386 g/mol. The summed E-state index contributed by atoms with van der Waals surface area (Å²) < 4.78 is 5.99. The lowest BCUT2D eigenvalue weighted by atomic mass is 10.1. The summed E-state index contributed by atoms with van der Waals surface area (Å²) in [5.41, 5.74) is 2.18. The maximum absolute atomic E-state index is 12.0. The van der Waals surface area contributed by atoms with Gasteiger partial charge in [0, 0.05) is 18.3 Å². The summed E-state index contributed by atoms with van der Waals surface area (Å²) in [5, 5.41) is 8.49. The van der Waals surface area contributed by atoms with Gasteiger partial charge in [0.15, 0.2) is 12.3 Å². The lowest BCUT2D eigenvalue weighted by Crippen LogP contribution is -2.37. The van der Waals surface area contributed by atoms with E-state index in [0.717, 1.165) is 15.8 Å². The Bertz CT molecular complexity index is 952. The van der Waals surface area contributed by atoms with Crippen LogP contribution in [0.3, 0.4) is 0 Å². The van der Waals surface area contributed by atoms with Gasteiger partial charge in [0.25, 0.3) is 11.5 Å². The molecule has 0 aliphatic carbocycles. The largest absolute Gasteiger partial charge is 0.451 e. The number of imide groups is 1. The number of benzene rings is 1. The number of nitrogens with zero attached hydrogens (tertiary/aromatic N) is 2. The van der Waals surface area contributed by atoms with E-state index >= 15 is 0 Å². The molecule has 0 radical (unpaired) electrons. The van der Waals surface area contributed by atoms with E-state index in [0.29, 0.717) is 18.7 Å². The van der Waals surface area contributed by atoms with Crippen LogP contribution < -0.4 is 16.2 Å². The molecule has 148 valence electrons. The van der Waals surface area contributed by atoms with E-state index in [9.17, 15) is 19.2 Å². The molecule has 0 bridgehead atoms. The highest BCUT2D eigenvalue weighted by Gasteiger charge is 2.15. The Balaban J connectivity index is 1.86. The van der Waals surface area contributed by atoms with Gasteiger partial charge in [-0.3, -0.25) is 14.9 Å². The molecule has 0 aliphatic heterocycles. The molecule has 0 unspecified atom stereocenters. The van der Waals surface area contributed by atoms with Crippen LogP contribution in [0.2, 0.25) is 0 Å². The maximum Gasteiger partial charge on any atom is 0.359 e. The molecule has 1 aromatic carbocycles. The summed E-state index contributed by atoms with van der Waals surface area (Å²) in [6.45, 7) is 5.42. The molecule has 28 heavy (non-hydrogen) atoms. The van der Waals surface area contributed by atoms with E-state index < -0.39 is 24.5 Å². The fourth-order valence-electron chi connectivity index (χ4n) is 2.28. The van der Waals surface area contributed by atoms with Crippen molar-refractivity contribution in [3.05, 3.63) is 57.5 Å². The van der Waals surface area contributed by atoms with Crippen molar-refractivity contribution in [2.75, 3.05) is 11.9 Å². The molecular weight excluding hydrogens is 364 g/mol. The first kappa shape index (κ1) is 20.8. The Morgan fingerprint density at radius 2 is 1.86 bits per heavy atom. The molecule has 3 amide bonds. The van der Waals surface area contributed by atoms with Crippen LogP contribution in [0.1, 0.15) is 35.0 Å². The molecular formula is C19H22N4O5. The minimum absolute atomic E-state index is 0.0968. The fourth-order valence-corrected chi connectivity index (χ4v) is 2.28. The Labute approximate surface area is 161 Å². The van der Waals surface area contributed by atoms with E-state index in [1.54, 1.807) is 12.1 Å². The van der Waals surface area contributed by atoms with Crippen molar-refractivity contribution in [2.45, 2.75) is 33.7 Å². The highest BCUT2D eigenvalue weighted by Crippen LogP contribution is 2.13. The number of esters is 1. The molecule has 9 nitrogen and oxygen atoms in total. The highest BCUT2D eigenvalue weighted by molar-refractivity contribution is 6.02. The maximum atomic E-state index is 12.0. The zero-order valence-corrected chi connectivity index (χ0v) is 15.9. The standard InChI is InChI=1S/C19H22N4O5/c1-4-9-23-17(25)8-7-15(22-23)18(26)28-11-16(24)21-19(27)20-14-6-5-12(2)13(3)10-14/h5-8,10H,4,9,11H2,1-3H3,(H2,20,21,24,27). The first-order valence-corrected chi connectivity index (χ1v) is 8.73. The Morgan fingerprint density at radius 1 is 1.11 bits per heavy atom. The van der Waals surface area contributed by atoms with Crippen LogP contribution in [0.25, 0.3) is 0 Å². The van der Waals surface area contributed by atoms with Crippen LogP contribution >= 0.6 is 0 Å². The summed E-state index contributed by atoms with van der Waals surface area (Å²) >= 11 is 0. The van der Waals surface area contributed by atoms with Gasteiger partial charge >= 0.3 is 12.0 Å². The highest BCUT2D eigenvalue weighted by atomic mass is 16.5. The van der Waals surface area contributed by atoms with Gasteiger partial charge < -0.3 is 10.1 Å². The molecule has 9 heteroatoms. The van der Waals surface area contributed by atoms with Crippen molar-refractivity contribution in [1.82, 2.24) is 15.1 Å². The van der Waals surface area contributed by atoms with Crippen molar-refractivity contribution in [1.29, 1.82) is 0 Å². The first-order chi connectivity index (χ1) is 13.3. The van der Waals surface area contributed by atoms with Crippen LogP contribution in [-0.4, -0.2) is 34.3 Å². The van der Waals surface area contributed by atoms with E-state index in [1.807, 2.05) is 26.8 Å². The van der Waals surface area contributed by atoms with Crippen molar-refractivity contribution in [3.63, 3.8) is 0 Å². The molecule has 0 saturated carbocycles. The topological polar surface area (TPSA) is 119 Å². The number of rotatable bonds is 6. The van der Waals surface area contributed by atoms with Gasteiger partial charge in [-0.05, 0) is 49.6 Å². The molecule has 1 heterocycles. The summed E-state index contributed by atoms with van der Waals surface area (Å²) in [5.74, 6) is -1.66. The second-order valence-electron chi connectivity index (χ2n) is 6.16. The number of ether oxygens (including phenoxy) is 1. The van der Waals surface area contributed by atoms with Crippen molar-refractivity contribution >= 4 is 23.6 Å². The molecule has 0 spiro atoms. The number of aromatic nitrogens is 2. The molecule has 0 atom stereocenters.